The first-order valence-electron chi connectivity index (χ1n) is 7.16. The van der Waals surface area contributed by atoms with Gasteiger partial charge in [-0.3, -0.25) is 4.90 Å². The normalized spacial score (nSPS) is 22.9. The average molecular weight is 262 g/mol. The zero-order valence-corrected chi connectivity index (χ0v) is 12.5. The van der Waals surface area contributed by atoms with Gasteiger partial charge in [0.15, 0.2) is 0 Å². The molecule has 3 heteroatoms. The summed E-state index contributed by atoms with van der Waals surface area (Å²) in [5.74, 6) is 0.941. The Kier molecular flexibility index (Phi) is 4.16. The van der Waals surface area contributed by atoms with E-state index in [4.69, 9.17) is 10.5 Å². The Bertz CT molecular complexity index is 411. The first-order chi connectivity index (χ1) is 8.89. The molecule has 106 valence electrons. The van der Waals surface area contributed by atoms with Gasteiger partial charge in [-0.15, -0.1) is 0 Å². The number of likely N-dealkylation sites (tertiary alicyclic amines) is 1. The van der Waals surface area contributed by atoms with Gasteiger partial charge in [0.2, 0.25) is 0 Å². The van der Waals surface area contributed by atoms with Crippen LogP contribution < -0.4 is 10.5 Å². The third kappa shape index (κ3) is 3.28. The molecular formula is C16H26N2O. The van der Waals surface area contributed by atoms with Crippen molar-refractivity contribution in [1.29, 1.82) is 0 Å². The van der Waals surface area contributed by atoms with Crippen LogP contribution in [0.5, 0.6) is 5.75 Å². The van der Waals surface area contributed by atoms with E-state index in [1.54, 1.807) is 0 Å². The lowest BCUT2D eigenvalue weighted by Crippen LogP contribution is -2.48. The summed E-state index contributed by atoms with van der Waals surface area (Å²) in [4.78, 5) is 2.47. The summed E-state index contributed by atoms with van der Waals surface area (Å²) >= 11 is 0. The molecule has 2 rings (SSSR count). The topological polar surface area (TPSA) is 38.5 Å². The van der Waals surface area contributed by atoms with Gasteiger partial charge in [-0.1, -0.05) is 12.1 Å². The fourth-order valence-electron chi connectivity index (χ4n) is 2.62. The summed E-state index contributed by atoms with van der Waals surface area (Å²) in [6, 6.07) is 8.68. The van der Waals surface area contributed by atoms with Gasteiger partial charge in [-0.05, 0) is 51.8 Å². The van der Waals surface area contributed by atoms with Crippen LogP contribution in [0.3, 0.4) is 0 Å². The quantitative estimate of drug-likeness (QED) is 0.907. The zero-order chi connectivity index (χ0) is 14.0. The van der Waals surface area contributed by atoms with Gasteiger partial charge in [-0.2, -0.15) is 0 Å². The van der Waals surface area contributed by atoms with Crippen LogP contribution in [0, 0.1) is 0 Å². The van der Waals surface area contributed by atoms with E-state index in [1.807, 2.05) is 13.8 Å². The second kappa shape index (κ2) is 5.51. The number of hydrogen-bond donors (Lipinski definition) is 1. The van der Waals surface area contributed by atoms with Gasteiger partial charge in [0.05, 0.1) is 6.10 Å². The Balaban J connectivity index is 2.00. The molecule has 1 heterocycles. The van der Waals surface area contributed by atoms with Crippen LogP contribution in [0.4, 0.5) is 0 Å². The van der Waals surface area contributed by atoms with Crippen LogP contribution in [-0.4, -0.2) is 29.1 Å². The van der Waals surface area contributed by atoms with E-state index in [9.17, 15) is 0 Å². The molecule has 1 aromatic carbocycles. The maximum absolute atomic E-state index is 6.17. The van der Waals surface area contributed by atoms with Gasteiger partial charge in [0.1, 0.15) is 5.75 Å². The highest BCUT2D eigenvalue weighted by Gasteiger charge is 2.38. The Morgan fingerprint density at radius 2 is 1.95 bits per heavy atom. The molecule has 0 amide bonds. The molecular weight excluding hydrogens is 236 g/mol. The van der Waals surface area contributed by atoms with Crippen molar-refractivity contribution in [2.45, 2.75) is 58.3 Å². The Morgan fingerprint density at radius 1 is 1.32 bits per heavy atom. The fourth-order valence-corrected chi connectivity index (χ4v) is 2.62. The van der Waals surface area contributed by atoms with Gasteiger partial charge in [0, 0.05) is 24.7 Å². The highest BCUT2D eigenvalue weighted by Crippen LogP contribution is 2.29. The molecule has 19 heavy (non-hydrogen) atoms. The third-order valence-electron chi connectivity index (χ3n) is 4.10. The number of benzene rings is 1. The van der Waals surface area contributed by atoms with Crippen molar-refractivity contribution in [3.05, 3.63) is 29.8 Å². The summed E-state index contributed by atoms with van der Waals surface area (Å²) < 4.78 is 5.66. The Hall–Kier alpha value is -1.06. The molecule has 1 saturated heterocycles. The monoisotopic (exact) mass is 262 g/mol. The SMILES string of the molecule is CC(C)Oc1ccc(CN2CCC(N)C2(C)C)cc1. The van der Waals surface area contributed by atoms with Crippen LogP contribution in [0.25, 0.3) is 0 Å². The van der Waals surface area contributed by atoms with Crippen molar-refractivity contribution in [1.82, 2.24) is 4.90 Å². The number of ether oxygens (including phenoxy) is 1. The lowest BCUT2D eigenvalue weighted by atomic mass is 9.96. The first-order valence-corrected chi connectivity index (χ1v) is 7.16. The van der Waals surface area contributed by atoms with Crippen molar-refractivity contribution in [2.75, 3.05) is 6.54 Å². The van der Waals surface area contributed by atoms with Crippen LogP contribution in [0.2, 0.25) is 0 Å². The van der Waals surface area contributed by atoms with Crippen LogP contribution in [0.15, 0.2) is 24.3 Å². The van der Waals surface area contributed by atoms with E-state index in [0.29, 0.717) is 0 Å². The summed E-state index contributed by atoms with van der Waals surface area (Å²) in [5.41, 5.74) is 7.58. The number of nitrogens with zero attached hydrogens (tertiary/aromatic N) is 1. The molecule has 1 aliphatic rings. The number of rotatable bonds is 4. The van der Waals surface area contributed by atoms with Gasteiger partial charge in [0.25, 0.3) is 0 Å². The van der Waals surface area contributed by atoms with Crippen molar-refractivity contribution in [3.8, 4) is 5.75 Å². The van der Waals surface area contributed by atoms with E-state index in [2.05, 4.69) is 43.0 Å². The van der Waals surface area contributed by atoms with Crippen LogP contribution in [0.1, 0.15) is 39.7 Å². The molecule has 0 bridgehead atoms. The molecule has 0 radical (unpaired) electrons. The first kappa shape index (κ1) is 14.4. The predicted molar refractivity (Wildman–Crippen MR) is 79.3 cm³/mol. The fraction of sp³-hybridized carbons (Fsp3) is 0.625. The van der Waals surface area contributed by atoms with Gasteiger partial charge in [-0.25, -0.2) is 0 Å². The van der Waals surface area contributed by atoms with E-state index in [1.165, 1.54) is 5.56 Å². The smallest absolute Gasteiger partial charge is 0.119 e. The van der Waals surface area contributed by atoms with E-state index in [-0.39, 0.29) is 17.7 Å². The summed E-state index contributed by atoms with van der Waals surface area (Å²) in [7, 11) is 0. The van der Waals surface area contributed by atoms with Crippen LogP contribution in [-0.2, 0) is 6.54 Å². The van der Waals surface area contributed by atoms with Crippen molar-refractivity contribution in [2.24, 2.45) is 5.73 Å². The minimum atomic E-state index is 0.0904. The molecule has 3 nitrogen and oxygen atoms in total. The molecule has 0 aromatic heterocycles. The number of hydrogen-bond acceptors (Lipinski definition) is 3. The van der Waals surface area contributed by atoms with Crippen molar-refractivity contribution >= 4 is 0 Å². The largest absolute Gasteiger partial charge is 0.491 e. The maximum Gasteiger partial charge on any atom is 0.119 e. The molecule has 0 saturated carbocycles. The minimum Gasteiger partial charge on any atom is -0.491 e. The molecule has 2 N–H and O–H groups in total. The molecule has 1 atom stereocenters. The molecule has 1 aromatic rings. The molecule has 0 spiro atoms. The molecule has 1 fully saturated rings. The van der Waals surface area contributed by atoms with Crippen molar-refractivity contribution < 1.29 is 4.74 Å². The minimum absolute atomic E-state index is 0.0904. The van der Waals surface area contributed by atoms with Gasteiger partial charge >= 0.3 is 0 Å². The predicted octanol–water partition coefficient (Wildman–Crippen LogP) is 2.79. The highest BCUT2D eigenvalue weighted by molar-refractivity contribution is 5.27. The van der Waals surface area contributed by atoms with E-state index >= 15 is 0 Å². The van der Waals surface area contributed by atoms with E-state index < -0.39 is 0 Å². The lowest BCUT2D eigenvalue weighted by Gasteiger charge is -2.34. The van der Waals surface area contributed by atoms with Crippen molar-refractivity contribution in [3.63, 3.8) is 0 Å². The standard InChI is InChI=1S/C16H26N2O/c1-12(2)19-14-7-5-13(6-8-14)11-18-10-9-15(17)16(18,3)4/h5-8,12,15H,9-11,17H2,1-4H3. The zero-order valence-electron chi connectivity index (χ0n) is 12.5. The maximum atomic E-state index is 6.17. The second-order valence-electron chi connectivity index (χ2n) is 6.28. The highest BCUT2D eigenvalue weighted by atomic mass is 16.5. The Labute approximate surface area is 116 Å². The number of nitrogens with two attached hydrogens (primary N) is 1. The summed E-state index contributed by atoms with van der Waals surface area (Å²) in [6.07, 6.45) is 1.31. The lowest BCUT2D eigenvalue weighted by molar-refractivity contribution is 0.154. The third-order valence-corrected chi connectivity index (χ3v) is 4.10. The summed E-state index contributed by atoms with van der Waals surface area (Å²) in [6.45, 7) is 10.6. The van der Waals surface area contributed by atoms with Gasteiger partial charge < -0.3 is 10.5 Å². The molecule has 0 aliphatic carbocycles. The summed E-state index contributed by atoms with van der Waals surface area (Å²) in [5, 5.41) is 0. The molecule has 1 unspecified atom stereocenters. The van der Waals surface area contributed by atoms with E-state index in [0.717, 1.165) is 25.3 Å². The van der Waals surface area contributed by atoms with Crippen LogP contribution >= 0.6 is 0 Å². The molecule has 1 aliphatic heterocycles. The second-order valence-corrected chi connectivity index (χ2v) is 6.28. The Morgan fingerprint density at radius 3 is 2.42 bits per heavy atom. The average Bonchev–Trinajstić information content (AvgIpc) is 2.58.